The van der Waals surface area contributed by atoms with Crippen LogP contribution in [0.2, 0.25) is 0 Å². The SMILES string of the molecule is C=Cc1ccc(-c2c(-c3ccncc3)cnn2N2CCN(C)CC2)cc1. The van der Waals surface area contributed by atoms with Crippen molar-refractivity contribution in [2.24, 2.45) is 0 Å². The molecule has 2 aromatic heterocycles. The van der Waals surface area contributed by atoms with Gasteiger partial charge in [0.2, 0.25) is 0 Å². The standard InChI is InChI=1S/C21H23N5/c1-3-17-4-6-19(7-5-17)21-20(18-8-10-22-11-9-18)16-23-26(21)25-14-12-24(2)13-15-25/h3-11,16H,1,12-15H2,2H3. The molecule has 1 saturated heterocycles. The summed E-state index contributed by atoms with van der Waals surface area (Å²) < 4.78 is 0. The van der Waals surface area contributed by atoms with E-state index in [4.69, 9.17) is 5.10 Å². The number of hydrogen-bond donors (Lipinski definition) is 0. The van der Waals surface area contributed by atoms with E-state index >= 15 is 0 Å². The van der Waals surface area contributed by atoms with Crippen LogP contribution >= 0.6 is 0 Å². The summed E-state index contributed by atoms with van der Waals surface area (Å²) in [7, 11) is 2.16. The van der Waals surface area contributed by atoms with Gasteiger partial charge in [0.25, 0.3) is 0 Å². The summed E-state index contributed by atoms with van der Waals surface area (Å²) in [6.45, 7) is 7.86. The highest BCUT2D eigenvalue weighted by Gasteiger charge is 2.21. The van der Waals surface area contributed by atoms with Gasteiger partial charge in [-0.25, -0.2) is 0 Å². The van der Waals surface area contributed by atoms with Gasteiger partial charge in [-0.1, -0.05) is 36.9 Å². The lowest BCUT2D eigenvalue weighted by Gasteiger charge is -2.34. The molecule has 0 bridgehead atoms. The van der Waals surface area contributed by atoms with E-state index in [1.807, 2.05) is 36.8 Å². The van der Waals surface area contributed by atoms with Crippen molar-refractivity contribution < 1.29 is 0 Å². The molecule has 0 amide bonds. The average Bonchev–Trinajstić information content (AvgIpc) is 3.14. The normalized spacial score (nSPS) is 15.2. The Labute approximate surface area is 154 Å². The van der Waals surface area contributed by atoms with Crippen LogP contribution in [0.15, 0.2) is 61.6 Å². The molecule has 0 spiro atoms. The quantitative estimate of drug-likeness (QED) is 0.728. The monoisotopic (exact) mass is 345 g/mol. The zero-order valence-corrected chi connectivity index (χ0v) is 15.0. The Balaban J connectivity index is 1.81. The number of rotatable bonds is 4. The second-order valence-electron chi connectivity index (χ2n) is 6.62. The molecular weight excluding hydrogens is 322 g/mol. The second kappa shape index (κ2) is 7.14. The van der Waals surface area contributed by atoms with E-state index < -0.39 is 0 Å². The van der Waals surface area contributed by atoms with Gasteiger partial charge < -0.3 is 4.90 Å². The van der Waals surface area contributed by atoms with Gasteiger partial charge >= 0.3 is 0 Å². The molecule has 132 valence electrons. The van der Waals surface area contributed by atoms with E-state index in [1.165, 1.54) is 0 Å². The van der Waals surface area contributed by atoms with Gasteiger partial charge in [-0.15, -0.1) is 0 Å². The Kier molecular flexibility index (Phi) is 4.54. The van der Waals surface area contributed by atoms with Gasteiger partial charge in [-0.05, 0) is 30.3 Å². The Morgan fingerprint density at radius 3 is 2.27 bits per heavy atom. The molecule has 0 N–H and O–H groups in total. The topological polar surface area (TPSA) is 37.2 Å². The summed E-state index contributed by atoms with van der Waals surface area (Å²) in [6.07, 6.45) is 7.48. The molecule has 1 aliphatic heterocycles. The van der Waals surface area contributed by atoms with Crippen molar-refractivity contribution in [1.29, 1.82) is 0 Å². The molecule has 4 rings (SSSR count). The zero-order valence-electron chi connectivity index (χ0n) is 15.0. The number of aromatic nitrogens is 3. The smallest absolute Gasteiger partial charge is 0.0998 e. The maximum Gasteiger partial charge on any atom is 0.0998 e. The summed E-state index contributed by atoms with van der Waals surface area (Å²) >= 11 is 0. The van der Waals surface area contributed by atoms with Gasteiger partial charge in [0.15, 0.2) is 0 Å². The molecule has 3 aromatic rings. The van der Waals surface area contributed by atoms with Gasteiger partial charge in [-0.2, -0.15) is 9.89 Å². The number of likely N-dealkylation sites (N-methyl/N-ethyl adjacent to an activating group) is 1. The third-order valence-electron chi connectivity index (χ3n) is 4.91. The van der Waals surface area contributed by atoms with Crippen LogP contribution in [-0.4, -0.2) is 53.0 Å². The van der Waals surface area contributed by atoms with E-state index in [2.05, 4.69) is 57.6 Å². The van der Waals surface area contributed by atoms with Crippen molar-refractivity contribution in [1.82, 2.24) is 19.8 Å². The first kappa shape index (κ1) is 16.5. The number of benzene rings is 1. The van der Waals surface area contributed by atoms with E-state index in [1.54, 1.807) is 0 Å². The van der Waals surface area contributed by atoms with Crippen LogP contribution < -0.4 is 5.01 Å². The van der Waals surface area contributed by atoms with Crippen molar-refractivity contribution in [2.75, 3.05) is 38.2 Å². The maximum atomic E-state index is 4.74. The molecule has 0 atom stereocenters. The summed E-state index contributed by atoms with van der Waals surface area (Å²) in [4.78, 5) is 8.57. The average molecular weight is 345 g/mol. The molecule has 5 heteroatoms. The van der Waals surface area contributed by atoms with Crippen LogP contribution in [0.25, 0.3) is 28.5 Å². The second-order valence-corrected chi connectivity index (χ2v) is 6.62. The molecule has 0 unspecified atom stereocenters. The minimum atomic E-state index is 0.964. The van der Waals surface area contributed by atoms with Gasteiger partial charge in [0.05, 0.1) is 11.9 Å². The molecule has 5 nitrogen and oxygen atoms in total. The fourth-order valence-electron chi connectivity index (χ4n) is 3.33. The van der Waals surface area contributed by atoms with Gasteiger partial charge in [0, 0.05) is 49.7 Å². The largest absolute Gasteiger partial charge is 0.303 e. The van der Waals surface area contributed by atoms with Crippen molar-refractivity contribution in [3.63, 3.8) is 0 Å². The van der Waals surface area contributed by atoms with E-state index in [-0.39, 0.29) is 0 Å². The Morgan fingerprint density at radius 1 is 0.923 bits per heavy atom. The van der Waals surface area contributed by atoms with Crippen LogP contribution in [0.4, 0.5) is 0 Å². The van der Waals surface area contributed by atoms with Crippen LogP contribution in [-0.2, 0) is 0 Å². The molecule has 3 heterocycles. The van der Waals surface area contributed by atoms with Crippen LogP contribution in [0, 0.1) is 0 Å². The summed E-state index contributed by atoms with van der Waals surface area (Å²) in [6, 6.07) is 12.6. The molecular formula is C21H23N5. The van der Waals surface area contributed by atoms with Crippen molar-refractivity contribution in [3.05, 3.63) is 67.1 Å². The van der Waals surface area contributed by atoms with Crippen molar-refractivity contribution in [2.45, 2.75) is 0 Å². The number of pyridine rings is 1. The maximum absolute atomic E-state index is 4.74. The van der Waals surface area contributed by atoms with Crippen LogP contribution in [0.3, 0.4) is 0 Å². The Morgan fingerprint density at radius 2 is 1.62 bits per heavy atom. The molecule has 0 radical (unpaired) electrons. The predicted octanol–water partition coefficient (Wildman–Crippen LogP) is 3.14. The Bertz CT molecular complexity index is 875. The number of piperazine rings is 1. The van der Waals surface area contributed by atoms with Crippen LogP contribution in [0.1, 0.15) is 5.56 Å². The highest BCUT2D eigenvalue weighted by atomic mass is 15.7. The van der Waals surface area contributed by atoms with E-state index in [0.717, 1.165) is 54.1 Å². The third-order valence-corrected chi connectivity index (χ3v) is 4.91. The first-order valence-corrected chi connectivity index (χ1v) is 8.91. The molecule has 0 saturated carbocycles. The van der Waals surface area contributed by atoms with E-state index in [0.29, 0.717) is 0 Å². The molecule has 1 aliphatic rings. The van der Waals surface area contributed by atoms with Crippen molar-refractivity contribution >= 4 is 6.08 Å². The minimum Gasteiger partial charge on any atom is -0.303 e. The fourth-order valence-corrected chi connectivity index (χ4v) is 3.33. The van der Waals surface area contributed by atoms with Gasteiger partial charge in [-0.3, -0.25) is 9.99 Å². The molecule has 0 aliphatic carbocycles. The zero-order chi connectivity index (χ0) is 17.9. The minimum absolute atomic E-state index is 0.964. The Hall–Kier alpha value is -2.92. The summed E-state index contributed by atoms with van der Waals surface area (Å²) in [5.41, 5.74) is 5.64. The first-order valence-electron chi connectivity index (χ1n) is 8.91. The first-order chi connectivity index (χ1) is 12.8. The van der Waals surface area contributed by atoms with E-state index in [9.17, 15) is 0 Å². The molecule has 1 aromatic carbocycles. The predicted molar refractivity (Wildman–Crippen MR) is 106 cm³/mol. The van der Waals surface area contributed by atoms with Crippen molar-refractivity contribution in [3.8, 4) is 22.4 Å². The lowest BCUT2D eigenvalue weighted by atomic mass is 10.0. The highest BCUT2D eigenvalue weighted by Crippen LogP contribution is 2.32. The number of nitrogens with zero attached hydrogens (tertiary/aromatic N) is 5. The lowest BCUT2D eigenvalue weighted by Crippen LogP contribution is -2.50. The fraction of sp³-hybridized carbons (Fsp3) is 0.238. The lowest BCUT2D eigenvalue weighted by molar-refractivity contribution is 0.281. The summed E-state index contributed by atoms with van der Waals surface area (Å²) in [5, 5.41) is 7.06. The molecule has 26 heavy (non-hydrogen) atoms. The van der Waals surface area contributed by atoms with Gasteiger partial charge in [0.1, 0.15) is 0 Å². The third kappa shape index (κ3) is 3.13. The summed E-state index contributed by atoms with van der Waals surface area (Å²) in [5.74, 6) is 0. The highest BCUT2D eigenvalue weighted by molar-refractivity contribution is 5.81. The van der Waals surface area contributed by atoms with Crippen LogP contribution in [0.5, 0.6) is 0 Å². The molecule has 1 fully saturated rings. The number of hydrogen-bond acceptors (Lipinski definition) is 4.